The lowest BCUT2D eigenvalue weighted by Gasteiger charge is -2.32. The van der Waals surface area contributed by atoms with Gasteiger partial charge in [0, 0.05) is 48.2 Å². The predicted molar refractivity (Wildman–Crippen MR) is 133 cm³/mol. The van der Waals surface area contributed by atoms with E-state index in [0.717, 1.165) is 54.4 Å². The number of hydrogen-bond donors (Lipinski definition) is 3. The number of aryl methyl sites for hydroxylation is 1. The molecule has 4 aromatic rings. The van der Waals surface area contributed by atoms with Gasteiger partial charge in [-0.05, 0) is 55.4 Å². The molecule has 3 aromatic heterocycles. The van der Waals surface area contributed by atoms with Gasteiger partial charge in [0.05, 0.1) is 16.8 Å². The molecule has 1 aliphatic heterocycles. The third-order valence-corrected chi connectivity index (χ3v) is 6.41. The Balaban J connectivity index is 1.31. The van der Waals surface area contributed by atoms with Gasteiger partial charge >= 0.3 is 6.18 Å². The number of nitrogens with zero attached hydrogens (tertiary/aromatic N) is 5. The molecule has 1 fully saturated rings. The molecule has 0 radical (unpaired) electrons. The van der Waals surface area contributed by atoms with Crippen LogP contribution in [0, 0.1) is 6.92 Å². The van der Waals surface area contributed by atoms with E-state index in [0.29, 0.717) is 22.5 Å². The summed E-state index contributed by atoms with van der Waals surface area (Å²) in [6.45, 7) is 3.72. The van der Waals surface area contributed by atoms with Crippen LogP contribution < -0.4 is 15.5 Å². The summed E-state index contributed by atoms with van der Waals surface area (Å²) in [6.07, 6.45) is -1.65. The first-order valence-corrected chi connectivity index (χ1v) is 12.1. The van der Waals surface area contributed by atoms with E-state index in [-0.39, 0.29) is 0 Å². The summed E-state index contributed by atoms with van der Waals surface area (Å²) in [5.41, 5.74) is -0.392. The van der Waals surface area contributed by atoms with Crippen molar-refractivity contribution >= 4 is 40.8 Å². The number of H-pyrrole nitrogens is 1. The van der Waals surface area contributed by atoms with Gasteiger partial charge in [0.2, 0.25) is 0 Å². The fraction of sp³-hybridized carbons (Fsp3) is 0.208. The van der Waals surface area contributed by atoms with Gasteiger partial charge in [-0.1, -0.05) is 0 Å². The van der Waals surface area contributed by atoms with Gasteiger partial charge in [-0.2, -0.15) is 18.3 Å². The minimum atomic E-state index is -4.66. The van der Waals surface area contributed by atoms with Gasteiger partial charge in [-0.25, -0.2) is 9.97 Å². The molecule has 0 aliphatic carbocycles. The normalized spacial score (nSPS) is 13.2. The summed E-state index contributed by atoms with van der Waals surface area (Å²) in [4.78, 5) is 28.4. The van der Waals surface area contributed by atoms with Crippen LogP contribution in [0.4, 0.5) is 36.3 Å². The molecular weight excluding hydrogens is 505 g/mol. The molecule has 1 aliphatic rings. The Morgan fingerprint density at radius 2 is 1.89 bits per heavy atom. The zero-order chi connectivity index (χ0) is 26.0. The number of amides is 1. The van der Waals surface area contributed by atoms with Crippen LogP contribution in [0.2, 0.25) is 0 Å². The number of alkyl halides is 3. The average molecular weight is 527 g/mol. The van der Waals surface area contributed by atoms with Crippen LogP contribution in [0.3, 0.4) is 0 Å². The average Bonchev–Trinajstić information content (AvgIpc) is 3.23. The van der Waals surface area contributed by atoms with Gasteiger partial charge in [0.15, 0.2) is 5.16 Å². The van der Waals surface area contributed by atoms with Crippen LogP contribution in [0.25, 0.3) is 0 Å². The first-order chi connectivity index (χ1) is 17.7. The summed E-state index contributed by atoms with van der Waals surface area (Å²) in [5, 5.41) is 13.2. The maximum absolute atomic E-state index is 13.2. The monoisotopic (exact) mass is 526 g/mol. The van der Waals surface area contributed by atoms with Crippen molar-refractivity contribution in [1.82, 2.24) is 25.1 Å². The first kappa shape index (κ1) is 24.6. The van der Waals surface area contributed by atoms with Crippen LogP contribution in [0.1, 0.15) is 28.0 Å². The second-order valence-corrected chi connectivity index (χ2v) is 9.32. The van der Waals surface area contributed by atoms with E-state index in [9.17, 15) is 18.0 Å². The lowest BCUT2D eigenvalue weighted by Crippen LogP contribution is -2.37. The van der Waals surface area contributed by atoms with Gasteiger partial charge in [0.25, 0.3) is 5.91 Å². The van der Waals surface area contributed by atoms with Gasteiger partial charge in [-0.3, -0.25) is 14.9 Å². The second-order valence-electron chi connectivity index (χ2n) is 8.28. The fourth-order valence-electron chi connectivity index (χ4n) is 3.59. The quantitative estimate of drug-likeness (QED) is 0.279. The SMILES string of the molecule is Cc1cc(Nc2cc(N3CCC3)nc(Sc3ccc(NC(=O)c4cnccc4C(F)(F)F)cc3)n2)[nH]n1. The third-order valence-electron chi connectivity index (χ3n) is 5.53. The van der Waals surface area contributed by atoms with Crippen molar-refractivity contribution in [3.05, 3.63) is 71.7 Å². The number of anilines is 4. The minimum Gasteiger partial charge on any atom is -0.356 e. The Bertz CT molecular complexity index is 1420. The highest BCUT2D eigenvalue weighted by atomic mass is 32.2. The maximum Gasteiger partial charge on any atom is 0.417 e. The Hall–Kier alpha value is -4.13. The number of benzene rings is 1. The Labute approximate surface area is 213 Å². The van der Waals surface area contributed by atoms with Crippen molar-refractivity contribution in [3.63, 3.8) is 0 Å². The van der Waals surface area contributed by atoms with Crippen molar-refractivity contribution in [3.8, 4) is 0 Å². The minimum absolute atomic E-state index is 0.346. The molecule has 0 spiro atoms. The number of hydrogen-bond acceptors (Lipinski definition) is 8. The second kappa shape index (κ2) is 10.1. The molecule has 1 saturated heterocycles. The number of halogens is 3. The summed E-state index contributed by atoms with van der Waals surface area (Å²) >= 11 is 1.33. The molecule has 1 amide bonds. The van der Waals surface area contributed by atoms with Crippen molar-refractivity contribution < 1.29 is 18.0 Å². The molecule has 4 heterocycles. The standard InChI is InChI=1S/C24H21F3N8OS/c1-14-11-20(34-33-14)30-19-12-21(35-9-2-10-35)32-23(31-19)37-16-5-3-15(4-6-16)29-22(36)17-13-28-8-7-18(17)24(25,26)27/h3-8,11-13H,2,9-10H2,1H3,(H,29,36)(H2,30,31,32,33,34). The molecule has 0 saturated carbocycles. The van der Waals surface area contributed by atoms with E-state index < -0.39 is 23.2 Å². The first-order valence-electron chi connectivity index (χ1n) is 11.3. The van der Waals surface area contributed by atoms with Gasteiger partial charge in [0.1, 0.15) is 17.5 Å². The molecule has 13 heteroatoms. The molecule has 0 bridgehead atoms. The summed E-state index contributed by atoms with van der Waals surface area (Å²) < 4.78 is 39.7. The number of aromatic nitrogens is 5. The highest BCUT2D eigenvalue weighted by Gasteiger charge is 2.35. The summed E-state index contributed by atoms with van der Waals surface area (Å²) in [7, 11) is 0. The summed E-state index contributed by atoms with van der Waals surface area (Å²) in [6, 6.07) is 11.2. The lowest BCUT2D eigenvalue weighted by atomic mass is 10.1. The van der Waals surface area contributed by atoms with Crippen molar-refractivity contribution in [2.24, 2.45) is 0 Å². The third kappa shape index (κ3) is 5.82. The smallest absolute Gasteiger partial charge is 0.356 e. The van der Waals surface area contributed by atoms with E-state index in [1.165, 1.54) is 11.8 Å². The van der Waals surface area contributed by atoms with Gasteiger partial charge in [-0.15, -0.1) is 0 Å². The van der Waals surface area contributed by atoms with E-state index in [1.54, 1.807) is 24.3 Å². The molecular formula is C24H21F3N8OS. The van der Waals surface area contributed by atoms with E-state index >= 15 is 0 Å². The number of pyridine rings is 1. The molecule has 3 N–H and O–H groups in total. The molecule has 5 rings (SSSR count). The number of aromatic amines is 1. The highest BCUT2D eigenvalue weighted by molar-refractivity contribution is 7.99. The molecule has 37 heavy (non-hydrogen) atoms. The number of carbonyl (C=O) groups excluding carboxylic acids is 1. The van der Waals surface area contributed by atoms with Crippen LogP contribution in [-0.4, -0.2) is 44.1 Å². The van der Waals surface area contributed by atoms with Crippen LogP contribution in [-0.2, 0) is 6.18 Å². The zero-order valence-electron chi connectivity index (χ0n) is 19.5. The van der Waals surface area contributed by atoms with E-state index in [4.69, 9.17) is 0 Å². The number of rotatable bonds is 7. The van der Waals surface area contributed by atoms with Crippen LogP contribution in [0.15, 0.2) is 64.9 Å². The van der Waals surface area contributed by atoms with E-state index in [1.807, 2.05) is 19.1 Å². The van der Waals surface area contributed by atoms with Gasteiger partial charge < -0.3 is 15.5 Å². The van der Waals surface area contributed by atoms with Crippen LogP contribution >= 0.6 is 11.8 Å². The Kier molecular flexibility index (Phi) is 6.70. The number of carbonyl (C=O) groups is 1. The maximum atomic E-state index is 13.2. The molecule has 1 aromatic carbocycles. The predicted octanol–water partition coefficient (Wildman–Crippen LogP) is 5.28. The summed E-state index contributed by atoms with van der Waals surface area (Å²) in [5.74, 6) is 1.24. The Morgan fingerprint density at radius 3 is 2.54 bits per heavy atom. The Morgan fingerprint density at radius 1 is 1.11 bits per heavy atom. The molecule has 0 unspecified atom stereocenters. The highest BCUT2D eigenvalue weighted by Crippen LogP contribution is 2.33. The lowest BCUT2D eigenvalue weighted by molar-refractivity contribution is -0.138. The molecule has 0 atom stereocenters. The van der Waals surface area contributed by atoms with Crippen molar-refractivity contribution in [2.45, 2.75) is 29.6 Å². The van der Waals surface area contributed by atoms with Crippen molar-refractivity contribution in [2.75, 3.05) is 28.6 Å². The van der Waals surface area contributed by atoms with Crippen LogP contribution in [0.5, 0.6) is 0 Å². The number of nitrogens with one attached hydrogen (secondary N) is 3. The fourth-order valence-corrected chi connectivity index (χ4v) is 4.35. The molecule has 9 nitrogen and oxygen atoms in total. The van der Waals surface area contributed by atoms with Crippen molar-refractivity contribution in [1.29, 1.82) is 0 Å². The molecule has 190 valence electrons. The topological polar surface area (TPSA) is 112 Å². The van der Waals surface area contributed by atoms with E-state index in [2.05, 4.69) is 40.7 Å². The largest absolute Gasteiger partial charge is 0.417 e. The zero-order valence-corrected chi connectivity index (χ0v) is 20.3.